The number of hydrogen-bond donors (Lipinski definition) is 2. The van der Waals surface area contributed by atoms with Crippen molar-refractivity contribution in [1.82, 2.24) is 10.2 Å². The maximum absolute atomic E-state index is 5.86. The Morgan fingerprint density at radius 2 is 2.00 bits per heavy atom. The molecule has 0 aliphatic carbocycles. The van der Waals surface area contributed by atoms with Crippen molar-refractivity contribution in [3.8, 4) is 5.75 Å². The summed E-state index contributed by atoms with van der Waals surface area (Å²) < 4.78 is 22.9. The first-order valence-electron chi connectivity index (χ1n) is 11.9. The quantitative estimate of drug-likeness (QED) is 0.306. The number of benzene rings is 1. The Labute approximate surface area is 192 Å². The molecule has 32 heavy (non-hydrogen) atoms. The van der Waals surface area contributed by atoms with Crippen LogP contribution in [0.3, 0.4) is 0 Å². The SMILES string of the molecule is CC(C)Oc1ccc(NC(=NCC2CN(C)CCO2)NCCCOCC2CCCO2)cc1. The van der Waals surface area contributed by atoms with E-state index in [4.69, 9.17) is 23.9 Å². The minimum Gasteiger partial charge on any atom is -0.491 e. The highest BCUT2D eigenvalue weighted by molar-refractivity contribution is 5.93. The number of anilines is 1. The number of guanidine groups is 1. The lowest BCUT2D eigenvalue weighted by atomic mass is 10.2. The van der Waals surface area contributed by atoms with E-state index >= 15 is 0 Å². The summed E-state index contributed by atoms with van der Waals surface area (Å²) in [6, 6.07) is 7.95. The molecular weight excluding hydrogens is 408 g/mol. The first kappa shape index (κ1) is 24.8. The van der Waals surface area contributed by atoms with E-state index < -0.39 is 0 Å². The minimum absolute atomic E-state index is 0.115. The lowest BCUT2D eigenvalue weighted by Crippen LogP contribution is -2.42. The Hall–Kier alpha value is -1.87. The highest BCUT2D eigenvalue weighted by Gasteiger charge is 2.17. The lowest BCUT2D eigenvalue weighted by Gasteiger charge is -2.29. The molecule has 2 N–H and O–H groups in total. The topological polar surface area (TPSA) is 76.6 Å². The molecule has 2 heterocycles. The second-order valence-electron chi connectivity index (χ2n) is 8.75. The molecule has 2 atom stereocenters. The smallest absolute Gasteiger partial charge is 0.195 e. The van der Waals surface area contributed by atoms with Gasteiger partial charge in [0.15, 0.2) is 5.96 Å². The summed E-state index contributed by atoms with van der Waals surface area (Å²) in [6.07, 6.45) is 3.70. The van der Waals surface area contributed by atoms with Gasteiger partial charge in [-0.1, -0.05) is 0 Å². The summed E-state index contributed by atoms with van der Waals surface area (Å²) in [5, 5.41) is 6.82. The average molecular weight is 449 g/mol. The van der Waals surface area contributed by atoms with Crippen LogP contribution in [0.25, 0.3) is 0 Å². The number of nitrogens with zero attached hydrogens (tertiary/aromatic N) is 2. The number of aliphatic imine (C=N–C) groups is 1. The summed E-state index contributed by atoms with van der Waals surface area (Å²) >= 11 is 0. The van der Waals surface area contributed by atoms with Crippen molar-refractivity contribution < 1.29 is 18.9 Å². The number of morpholine rings is 1. The van der Waals surface area contributed by atoms with Crippen LogP contribution in [0.15, 0.2) is 29.3 Å². The van der Waals surface area contributed by atoms with Gasteiger partial charge < -0.3 is 34.5 Å². The molecule has 8 nitrogen and oxygen atoms in total. The van der Waals surface area contributed by atoms with E-state index in [2.05, 4.69) is 22.6 Å². The maximum Gasteiger partial charge on any atom is 0.195 e. The Morgan fingerprint density at radius 1 is 1.19 bits per heavy atom. The van der Waals surface area contributed by atoms with Crippen molar-refractivity contribution in [3.05, 3.63) is 24.3 Å². The monoisotopic (exact) mass is 448 g/mol. The standard InChI is InChI=1S/C24H40N4O4/c1-19(2)32-21-9-7-20(8-10-21)27-24(26-16-23-17-28(3)12-15-31-23)25-11-5-13-29-18-22-6-4-14-30-22/h7-10,19,22-23H,4-6,11-18H2,1-3H3,(H2,25,26,27). The molecule has 0 bridgehead atoms. The molecule has 2 aliphatic heterocycles. The van der Waals surface area contributed by atoms with E-state index in [1.54, 1.807) is 0 Å². The summed E-state index contributed by atoms with van der Waals surface area (Å²) in [7, 11) is 2.12. The summed E-state index contributed by atoms with van der Waals surface area (Å²) in [5.41, 5.74) is 0.962. The molecule has 1 aromatic carbocycles. The highest BCUT2D eigenvalue weighted by Crippen LogP contribution is 2.17. The van der Waals surface area contributed by atoms with Crippen LogP contribution in [0.2, 0.25) is 0 Å². The molecule has 0 saturated carbocycles. The predicted octanol–water partition coefficient (Wildman–Crippen LogP) is 2.75. The number of likely N-dealkylation sites (N-methyl/N-ethyl adjacent to an activating group) is 1. The zero-order valence-corrected chi connectivity index (χ0v) is 19.8. The predicted molar refractivity (Wildman–Crippen MR) is 128 cm³/mol. The van der Waals surface area contributed by atoms with Gasteiger partial charge >= 0.3 is 0 Å². The Bertz CT molecular complexity index is 677. The average Bonchev–Trinajstić information content (AvgIpc) is 3.29. The van der Waals surface area contributed by atoms with Gasteiger partial charge in [0.25, 0.3) is 0 Å². The van der Waals surface area contributed by atoms with Crippen LogP contribution in [-0.4, -0.2) is 88.8 Å². The van der Waals surface area contributed by atoms with Crippen molar-refractivity contribution in [2.45, 2.75) is 51.4 Å². The van der Waals surface area contributed by atoms with Crippen LogP contribution < -0.4 is 15.4 Å². The Balaban J connectivity index is 1.47. The first-order valence-corrected chi connectivity index (χ1v) is 11.9. The summed E-state index contributed by atoms with van der Waals surface area (Å²) in [4.78, 5) is 7.06. The van der Waals surface area contributed by atoms with Crippen molar-refractivity contribution in [2.24, 2.45) is 4.99 Å². The van der Waals surface area contributed by atoms with Gasteiger partial charge in [0.05, 0.1) is 38.1 Å². The summed E-state index contributed by atoms with van der Waals surface area (Å²) in [5.74, 6) is 1.61. The number of ether oxygens (including phenoxy) is 4. The molecule has 2 saturated heterocycles. The lowest BCUT2D eigenvalue weighted by molar-refractivity contribution is -0.0136. The molecule has 1 aromatic rings. The molecule has 0 spiro atoms. The number of hydrogen-bond acceptors (Lipinski definition) is 6. The fourth-order valence-corrected chi connectivity index (χ4v) is 3.71. The van der Waals surface area contributed by atoms with Gasteiger partial charge in [-0.05, 0) is 64.4 Å². The van der Waals surface area contributed by atoms with Crippen LogP contribution >= 0.6 is 0 Å². The van der Waals surface area contributed by atoms with Gasteiger partial charge in [0.2, 0.25) is 0 Å². The summed E-state index contributed by atoms with van der Waals surface area (Å²) in [6.45, 7) is 10.3. The van der Waals surface area contributed by atoms with E-state index in [0.717, 1.165) is 69.5 Å². The van der Waals surface area contributed by atoms with Crippen molar-refractivity contribution >= 4 is 11.6 Å². The van der Waals surface area contributed by atoms with Crippen LogP contribution in [0.4, 0.5) is 5.69 Å². The third kappa shape index (κ3) is 9.32. The number of rotatable bonds is 11. The third-order valence-electron chi connectivity index (χ3n) is 5.37. The largest absolute Gasteiger partial charge is 0.491 e. The second kappa shape index (κ2) is 13.6. The second-order valence-corrected chi connectivity index (χ2v) is 8.75. The fourth-order valence-electron chi connectivity index (χ4n) is 3.71. The normalized spacial score (nSPS) is 22.3. The zero-order valence-electron chi connectivity index (χ0n) is 19.8. The van der Waals surface area contributed by atoms with E-state index in [0.29, 0.717) is 19.8 Å². The van der Waals surface area contributed by atoms with Gasteiger partial charge in [0, 0.05) is 38.5 Å². The van der Waals surface area contributed by atoms with Crippen LogP contribution in [0.1, 0.15) is 33.1 Å². The molecule has 2 aliphatic rings. The van der Waals surface area contributed by atoms with Gasteiger partial charge in [0.1, 0.15) is 5.75 Å². The van der Waals surface area contributed by atoms with Crippen LogP contribution in [0, 0.1) is 0 Å². The molecule has 180 valence electrons. The van der Waals surface area contributed by atoms with E-state index in [1.165, 1.54) is 0 Å². The van der Waals surface area contributed by atoms with Gasteiger partial charge in [-0.15, -0.1) is 0 Å². The van der Waals surface area contributed by atoms with Crippen molar-refractivity contribution in [1.29, 1.82) is 0 Å². The Kier molecular flexibility index (Phi) is 10.5. The minimum atomic E-state index is 0.115. The fraction of sp³-hybridized carbons (Fsp3) is 0.708. The van der Waals surface area contributed by atoms with Gasteiger partial charge in [-0.2, -0.15) is 0 Å². The molecule has 0 aromatic heterocycles. The van der Waals surface area contributed by atoms with Crippen molar-refractivity contribution in [2.75, 3.05) is 65.0 Å². The highest BCUT2D eigenvalue weighted by atomic mass is 16.5. The molecule has 3 rings (SSSR count). The van der Waals surface area contributed by atoms with E-state index in [1.807, 2.05) is 38.1 Å². The third-order valence-corrected chi connectivity index (χ3v) is 5.37. The van der Waals surface area contributed by atoms with Crippen LogP contribution in [-0.2, 0) is 14.2 Å². The van der Waals surface area contributed by atoms with Crippen LogP contribution in [0.5, 0.6) is 5.75 Å². The van der Waals surface area contributed by atoms with Gasteiger partial charge in [-0.25, -0.2) is 0 Å². The molecular formula is C24H40N4O4. The molecule has 0 amide bonds. The maximum atomic E-state index is 5.86. The number of nitrogens with one attached hydrogen (secondary N) is 2. The molecule has 2 fully saturated rings. The zero-order chi connectivity index (χ0) is 22.6. The van der Waals surface area contributed by atoms with E-state index in [9.17, 15) is 0 Å². The van der Waals surface area contributed by atoms with E-state index in [-0.39, 0.29) is 18.3 Å². The molecule has 2 unspecified atom stereocenters. The van der Waals surface area contributed by atoms with Gasteiger partial charge in [-0.3, -0.25) is 4.99 Å². The Morgan fingerprint density at radius 3 is 2.72 bits per heavy atom. The van der Waals surface area contributed by atoms with Crippen molar-refractivity contribution in [3.63, 3.8) is 0 Å². The first-order chi connectivity index (χ1) is 15.6. The molecule has 8 heteroatoms. The molecule has 0 radical (unpaired) electrons.